The van der Waals surface area contributed by atoms with Gasteiger partial charge in [-0.2, -0.15) is 0 Å². The molecule has 0 radical (unpaired) electrons. The molecule has 4 heteroatoms. The number of aliphatic hydroxyl groups excluding tert-OH is 1. The maximum Gasteiger partial charge on any atom is 0.128 e. The molecule has 2 unspecified atom stereocenters. The normalized spacial score (nSPS) is 26.6. The van der Waals surface area contributed by atoms with Gasteiger partial charge in [0.1, 0.15) is 5.82 Å². The van der Waals surface area contributed by atoms with Gasteiger partial charge in [0.2, 0.25) is 0 Å². The Balaban J connectivity index is 1.45. The lowest BCUT2D eigenvalue weighted by atomic mass is 9.84. The third-order valence-corrected chi connectivity index (χ3v) is 5.94. The monoisotopic (exact) mass is 334 g/mol. The van der Waals surface area contributed by atoms with Crippen LogP contribution in [0.5, 0.6) is 0 Å². The zero-order valence-electron chi connectivity index (χ0n) is 14.8. The zero-order chi connectivity index (χ0) is 16.9. The molecule has 134 valence electrons. The van der Waals surface area contributed by atoms with E-state index in [1.54, 1.807) is 12.1 Å². The van der Waals surface area contributed by atoms with Crippen molar-refractivity contribution in [1.82, 2.24) is 10.2 Å². The third kappa shape index (κ3) is 4.35. The van der Waals surface area contributed by atoms with Crippen molar-refractivity contribution in [2.24, 2.45) is 5.92 Å². The van der Waals surface area contributed by atoms with Crippen LogP contribution >= 0.6 is 0 Å². The Morgan fingerprint density at radius 3 is 2.62 bits per heavy atom. The molecule has 1 aliphatic carbocycles. The van der Waals surface area contributed by atoms with Crippen LogP contribution in [0.1, 0.15) is 56.6 Å². The molecule has 2 aliphatic rings. The number of piperidine rings is 1. The molecule has 2 N–H and O–H groups in total. The minimum Gasteiger partial charge on any atom is -0.392 e. The summed E-state index contributed by atoms with van der Waals surface area (Å²) >= 11 is 0. The van der Waals surface area contributed by atoms with Crippen molar-refractivity contribution in [2.75, 3.05) is 13.1 Å². The van der Waals surface area contributed by atoms with Crippen LogP contribution in [0.3, 0.4) is 0 Å². The first kappa shape index (κ1) is 17.8. The molecule has 1 aromatic carbocycles. The fraction of sp³-hybridized carbons (Fsp3) is 0.700. The smallest absolute Gasteiger partial charge is 0.128 e. The predicted octanol–water partition coefficient (Wildman–Crippen LogP) is 3.45. The standard InChI is InChI=1S/C20H31FN2O/c1-15-4-2-3-5-20(15)23-10-8-18(9-11-23)22-13-16-6-7-19(21)17(12-16)14-24/h6-7,12,15,18,20,22,24H,2-5,8-11,13-14H2,1H3. The molecule has 1 saturated carbocycles. The molecule has 24 heavy (non-hydrogen) atoms. The molecular weight excluding hydrogens is 303 g/mol. The van der Waals surface area contributed by atoms with Crippen LogP contribution < -0.4 is 5.32 Å². The molecule has 3 rings (SSSR count). The number of hydrogen-bond donors (Lipinski definition) is 2. The summed E-state index contributed by atoms with van der Waals surface area (Å²) in [7, 11) is 0. The van der Waals surface area contributed by atoms with E-state index in [2.05, 4.69) is 17.1 Å². The third-order valence-electron chi connectivity index (χ3n) is 5.94. The van der Waals surface area contributed by atoms with Crippen molar-refractivity contribution in [3.63, 3.8) is 0 Å². The summed E-state index contributed by atoms with van der Waals surface area (Å²) in [5, 5.41) is 12.8. The van der Waals surface area contributed by atoms with Gasteiger partial charge < -0.3 is 15.3 Å². The van der Waals surface area contributed by atoms with Crippen LogP contribution in [0, 0.1) is 11.7 Å². The Morgan fingerprint density at radius 1 is 1.17 bits per heavy atom. The molecule has 1 saturated heterocycles. The molecule has 0 bridgehead atoms. The molecule has 0 aromatic heterocycles. The number of hydrogen-bond acceptors (Lipinski definition) is 3. The maximum atomic E-state index is 13.4. The highest BCUT2D eigenvalue weighted by atomic mass is 19.1. The lowest BCUT2D eigenvalue weighted by Crippen LogP contribution is -2.49. The van der Waals surface area contributed by atoms with E-state index < -0.39 is 0 Å². The second kappa shape index (κ2) is 8.41. The van der Waals surface area contributed by atoms with Crippen LogP contribution in [0.4, 0.5) is 4.39 Å². The summed E-state index contributed by atoms with van der Waals surface area (Å²) in [4.78, 5) is 2.71. The molecule has 1 heterocycles. The van der Waals surface area contributed by atoms with E-state index in [0.717, 1.165) is 24.1 Å². The van der Waals surface area contributed by atoms with Crippen LogP contribution in [0.15, 0.2) is 18.2 Å². The fourth-order valence-corrected chi connectivity index (χ4v) is 4.40. The molecule has 0 amide bonds. The quantitative estimate of drug-likeness (QED) is 0.866. The van der Waals surface area contributed by atoms with Crippen LogP contribution in [-0.2, 0) is 13.2 Å². The summed E-state index contributed by atoms with van der Waals surface area (Å²) < 4.78 is 13.4. The average Bonchev–Trinajstić information content (AvgIpc) is 2.62. The van der Waals surface area contributed by atoms with Gasteiger partial charge in [0.15, 0.2) is 0 Å². The minimum atomic E-state index is -0.323. The number of likely N-dealkylation sites (tertiary alicyclic amines) is 1. The second-order valence-electron chi connectivity index (χ2n) is 7.60. The first-order valence-electron chi connectivity index (χ1n) is 9.53. The minimum absolute atomic E-state index is 0.238. The molecule has 3 nitrogen and oxygen atoms in total. The highest BCUT2D eigenvalue weighted by molar-refractivity contribution is 5.24. The summed E-state index contributed by atoms with van der Waals surface area (Å²) in [5.74, 6) is 0.524. The van der Waals surface area contributed by atoms with Gasteiger partial charge in [-0.3, -0.25) is 0 Å². The number of aliphatic hydroxyl groups is 1. The lowest BCUT2D eigenvalue weighted by Gasteiger charge is -2.42. The van der Waals surface area contributed by atoms with Crippen molar-refractivity contribution in [1.29, 1.82) is 0 Å². The van der Waals surface area contributed by atoms with Gasteiger partial charge in [0.05, 0.1) is 6.61 Å². The van der Waals surface area contributed by atoms with Crippen molar-refractivity contribution in [2.45, 2.75) is 70.7 Å². The topological polar surface area (TPSA) is 35.5 Å². The summed E-state index contributed by atoms with van der Waals surface area (Å²) in [5.41, 5.74) is 1.43. The Kier molecular flexibility index (Phi) is 6.25. The molecule has 1 aromatic rings. The summed E-state index contributed by atoms with van der Waals surface area (Å²) in [6.45, 7) is 5.31. The molecule has 0 spiro atoms. The maximum absolute atomic E-state index is 13.4. The van der Waals surface area contributed by atoms with Gasteiger partial charge in [-0.05, 0) is 62.4 Å². The second-order valence-corrected chi connectivity index (χ2v) is 7.60. The highest BCUT2D eigenvalue weighted by Gasteiger charge is 2.29. The average molecular weight is 334 g/mol. The Hall–Kier alpha value is -0.970. The highest BCUT2D eigenvalue weighted by Crippen LogP contribution is 2.30. The van der Waals surface area contributed by atoms with E-state index in [0.29, 0.717) is 11.6 Å². The van der Waals surface area contributed by atoms with Crippen LogP contribution in [0.25, 0.3) is 0 Å². The van der Waals surface area contributed by atoms with Crippen molar-refractivity contribution >= 4 is 0 Å². The lowest BCUT2D eigenvalue weighted by molar-refractivity contribution is 0.0813. The van der Waals surface area contributed by atoms with Crippen LogP contribution in [0.2, 0.25) is 0 Å². The Labute approximate surface area is 145 Å². The van der Waals surface area contributed by atoms with Gasteiger partial charge in [-0.1, -0.05) is 25.8 Å². The number of nitrogens with zero attached hydrogens (tertiary/aromatic N) is 1. The summed E-state index contributed by atoms with van der Waals surface area (Å²) in [6, 6.07) is 6.36. The first-order valence-corrected chi connectivity index (χ1v) is 9.53. The van der Waals surface area contributed by atoms with E-state index in [4.69, 9.17) is 5.11 Å². The van der Waals surface area contributed by atoms with Crippen molar-refractivity contribution in [3.8, 4) is 0 Å². The van der Waals surface area contributed by atoms with E-state index in [1.165, 1.54) is 57.7 Å². The number of halogens is 1. The first-order chi connectivity index (χ1) is 11.7. The number of nitrogens with one attached hydrogen (secondary N) is 1. The van der Waals surface area contributed by atoms with Gasteiger partial charge in [-0.15, -0.1) is 0 Å². The van der Waals surface area contributed by atoms with Crippen LogP contribution in [-0.4, -0.2) is 35.2 Å². The largest absolute Gasteiger partial charge is 0.392 e. The number of rotatable bonds is 5. The molecular formula is C20H31FN2O. The SMILES string of the molecule is CC1CCCCC1N1CCC(NCc2ccc(F)c(CO)c2)CC1. The molecule has 1 aliphatic heterocycles. The van der Waals surface area contributed by atoms with Crippen molar-refractivity contribution < 1.29 is 9.50 Å². The van der Waals surface area contributed by atoms with E-state index in [-0.39, 0.29) is 12.4 Å². The van der Waals surface area contributed by atoms with Gasteiger partial charge in [-0.25, -0.2) is 4.39 Å². The van der Waals surface area contributed by atoms with Gasteiger partial charge in [0.25, 0.3) is 0 Å². The zero-order valence-corrected chi connectivity index (χ0v) is 14.8. The fourth-order valence-electron chi connectivity index (χ4n) is 4.40. The van der Waals surface area contributed by atoms with Crippen molar-refractivity contribution in [3.05, 3.63) is 35.1 Å². The van der Waals surface area contributed by atoms with E-state index in [1.807, 2.05) is 0 Å². The van der Waals surface area contributed by atoms with E-state index in [9.17, 15) is 4.39 Å². The Bertz CT molecular complexity index is 528. The van der Waals surface area contributed by atoms with Gasteiger partial charge >= 0.3 is 0 Å². The molecule has 2 atom stereocenters. The summed E-state index contributed by atoms with van der Waals surface area (Å²) in [6.07, 6.45) is 7.95. The number of benzene rings is 1. The van der Waals surface area contributed by atoms with E-state index >= 15 is 0 Å². The molecule has 2 fully saturated rings. The Morgan fingerprint density at radius 2 is 1.92 bits per heavy atom. The predicted molar refractivity (Wildman–Crippen MR) is 95.2 cm³/mol. The van der Waals surface area contributed by atoms with Gasteiger partial charge in [0, 0.05) is 24.2 Å².